The number of carboxylic acids is 1. The second kappa shape index (κ2) is 7.80. The van der Waals surface area contributed by atoms with Gasteiger partial charge in [0.25, 0.3) is 5.91 Å². The molecular weight excluding hydrogens is 368 g/mol. The number of nitrogens with zero attached hydrogens (tertiary/aromatic N) is 1. The van der Waals surface area contributed by atoms with Gasteiger partial charge < -0.3 is 15.3 Å². The minimum atomic E-state index is -0.978. The normalized spacial score (nSPS) is 14.0. The lowest BCUT2D eigenvalue weighted by atomic mass is 9.92. The molecule has 0 saturated heterocycles. The van der Waals surface area contributed by atoms with Crippen LogP contribution in [-0.4, -0.2) is 34.8 Å². The standard InChI is InChI=1S/C20H19ClN2O4/c1-23-11-13-4-7-16(10-17(13)20(23)27)22-18(24)8-14(9-19(25)26)12-2-5-15(21)6-3-12/h2-7,10,14H,8-9,11H2,1H3,(H,22,24)(H,25,26)/t14-/m0/s1. The predicted molar refractivity (Wildman–Crippen MR) is 102 cm³/mol. The van der Waals surface area contributed by atoms with Crippen molar-refractivity contribution in [2.45, 2.75) is 25.3 Å². The first kappa shape index (κ1) is 18.9. The molecule has 1 heterocycles. The molecule has 2 amide bonds. The number of anilines is 1. The number of nitrogens with one attached hydrogen (secondary N) is 1. The summed E-state index contributed by atoms with van der Waals surface area (Å²) in [5, 5.41) is 12.5. The molecule has 0 unspecified atom stereocenters. The highest BCUT2D eigenvalue weighted by atomic mass is 35.5. The molecule has 0 bridgehead atoms. The fourth-order valence-corrected chi connectivity index (χ4v) is 3.34. The van der Waals surface area contributed by atoms with E-state index in [1.165, 1.54) is 0 Å². The molecule has 0 radical (unpaired) electrons. The molecule has 0 fully saturated rings. The average Bonchev–Trinajstić information content (AvgIpc) is 2.89. The van der Waals surface area contributed by atoms with Gasteiger partial charge in [0.2, 0.25) is 5.91 Å². The van der Waals surface area contributed by atoms with Gasteiger partial charge in [-0.25, -0.2) is 0 Å². The van der Waals surface area contributed by atoms with Crippen LogP contribution in [0.5, 0.6) is 0 Å². The lowest BCUT2D eigenvalue weighted by Crippen LogP contribution is -2.18. The van der Waals surface area contributed by atoms with E-state index in [-0.39, 0.29) is 24.7 Å². The number of hydrogen-bond acceptors (Lipinski definition) is 3. The van der Waals surface area contributed by atoms with E-state index in [2.05, 4.69) is 5.32 Å². The summed E-state index contributed by atoms with van der Waals surface area (Å²) in [5.41, 5.74) is 2.76. The SMILES string of the molecule is CN1Cc2ccc(NC(=O)C[C@@H](CC(=O)O)c3ccc(Cl)cc3)cc2C1=O. The third-order valence-electron chi connectivity index (χ3n) is 4.57. The molecule has 0 aromatic heterocycles. The van der Waals surface area contributed by atoms with Crippen LogP contribution in [0.4, 0.5) is 5.69 Å². The molecule has 0 aliphatic carbocycles. The molecule has 1 atom stereocenters. The maximum absolute atomic E-state index is 12.5. The Morgan fingerprint density at radius 1 is 1.19 bits per heavy atom. The molecule has 3 rings (SSSR count). The Hall–Kier alpha value is -2.86. The van der Waals surface area contributed by atoms with E-state index in [0.29, 0.717) is 22.8 Å². The van der Waals surface area contributed by atoms with Crippen LogP contribution >= 0.6 is 11.6 Å². The maximum atomic E-state index is 12.5. The van der Waals surface area contributed by atoms with Gasteiger partial charge in [0.15, 0.2) is 0 Å². The number of benzene rings is 2. The average molecular weight is 387 g/mol. The van der Waals surface area contributed by atoms with Gasteiger partial charge in [0.05, 0.1) is 6.42 Å². The van der Waals surface area contributed by atoms with Crippen LogP contribution in [0.1, 0.15) is 40.2 Å². The Morgan fingerprint density at radius 2 is 1.89 bits per heavy atom. The van der Waals surface area contributed by atoms with E-state index in [0.717, 1.165) is 11.1 Å². The van der Waals surface area contributed by atoms with E-state index in [1.807, 2.05) is 6.07 Å². The van der Waals surface area contributed by atoms with E-state index >= 15 is 0 Å². The smallest absolute Gasteiger partial charge is 0.303 e. The summed E-state index contributed by atoms with van der Waals surface area (Å²) >= 11 is 5.88. The lowest BCUT2D eigenvalue weighted by molar-refractivity contribution is -0.137. The zero-order valence-electron chi connectivity index (χ0n) is 14.7. The van der Waals surface area contributed by atoms with Crippen LogP contribution in [-0.2, 0) is 16.1 Å². The lowest BCUT2D eigenvalue weighted by Gasteiger charge is -2.15. The number of aliphatic carboxylic acids is 1. The van der Waals surface area contributed by atoms with Crippen LogP contribution < -0.4 is 5.32 Å². The van der Waals surface area contributed by atoms with Gasteiger partial charge in [-0.15, -0.1) is 0 Å². The molecule has 7 heteroatoms. The zero-order valence-corrected chi connectivity index (χ0v) is 15.5. The highest BCUT2D eigenvalue weighted by Gasteiger charge is 2.25. The molecule has 140 valence electrons. The van der Waals surface area contributed by atoms with Crippen molar-refractivity contribution in [2.75, 3.05) is 12.4 Å². The van der Waals surface area contributed by atoms with Gasteiger partial charge in [0.1, 0.15) is 0 Å². The molecular formula is C20H19ClN2O4. The molecule has 1 aliphatic rings. The van der Waals surface area contributed by atoms with E-state index in [1.54, 1.807) is 48.3 Å². The van der Waals surface area contributed by atoms with Gasteiger partial charge in [-0.1, -0.05) is 29.8 Å². The third-order valence-corrected chi connectivity index (χ3v) is 4.82. The van der Waals surface area contributed by atoms with Gasteiger partial charge >= 0.3 is 5.97 Å². The van der Waals surface area contributed by atoms with Gasteiger partial charge in [-0.2, -0.15) is 0 Å². The fourth-order valence-electron chi connectivity index (χ4n) is 3.21. The molecule has 6 nitrogen and oxygen atoms in total. The number of carbonyl (C=O) groups is 3. The van der Waals surface area contributed by atoms with Crippen molar-refractivity contribution < 1.29 is 19.5 Å². The van der Waals surface area contributed by atoms with Gasteiger partial charge in [0, 0.05) is 42.2 Å². The predicted octanol–water partition coefficient (Wildman–Crippen LogP) is 3.51. The Labute approximate surface area is 161 Å². The monoisotopic (exact) mass is 386 g/mol. The minimum absolute atomic E-state index is 0.0128. The van der Waals surface area contributed by atoms with E-state index in [9.17, 15) is 14.4 Å². The number of carbonyl (C=O) groups excluding carboxylic acids is 2. The van der Waals surface area contributed by atoms with Crippen molar-refractivity contribution >= 4 is 35.1 Å². The quantitative estimate of drug-likeness (QED) is 0.795. The van der Waals surface area contributed by atoms with Crippen LogP contribution in [0, 0.1) is 0 Å². The number of hydrogen-bond donors (Lipinski definition) is 2. The third kappa shape index (κ3) is 4.46. The zero-order chi connectivity index (χ0) is 19.6. The molecule has 2 aromatic carbocycles. The van der Waals surface area contributed by atoms with Crippen LogP contribution in [0.25, 0.3) is 0 Å². The first-order chi connectivity index (χ1) is 12.8. The Bertz CT molecular complexity index is 895. The van der Waals surface area contributed by atoms with Crippen molar-refractivity contribution in [1.29, 1.82) is 0 Å². The van der Waals surface area contributed by atoms with E-state index in [4.69, 9.17) is 16.7 Å². The molecule has 2 aromatic rings. The van der Waals surface area contributed by atoms with E-state index < -0.39 is 11.9 Å². The number of carboxylic acid groups (broad SMARTS) is 1. The number of rotatable bonds is 6. The molecule has 2 N–H and O–H groups in total. The summed E-state index contributed by atoms with van der Waals surface area (Å²) in [6.45, 7) is 0.555. The summed E-state index contributed by atoms with van der Waals surface area (Å²) in [5.74, 6) is -1.84. The number of halogens is 1. The number of fused-ring (bicyclic) bond motifs is 1. The van der Waals surface area contributed by atoms with Crippen molar-refractivity contribution in [3.63, 3.8) is 0 Å². The van der Waals surface area contributed by atoms with Crippen molar-refractivity contribution in [1.82, 2.24) is 4.90 Å². The minimum Gasteiger partial charge on any atom is -0.481 e. The first-order valence-corrected chi connectivity index (χ1v) is 8.87. The second-order valence-electron chi connectivity index (χ2n) is 6.63. The summed E-state index contributed by atoms with van der Waals surface area (Å²) in [7, 11) is 1.73. The molecule has 27 heavy (non-hydrogen) atoms. The summed E-state index contributed by atoms with van der Waals surface area (Å²) in [6.07, 6.45) is -0.151. The Balaban J connectivity index is 1.72. The van der Waals surface area contributed by atoms with Crippen LogP contribution in [0.15, 0.2) is 42.5 Å². The molecule has 1 aliphatic heterocycles. The highest BCUT2D eigenvalue weighted by molar-refractivity contribution is 6.30. The molecule has 0 saturated carbocycles. The van der Waals surface area contributed by atoms with Crippen LogP contribution in [0.3, 0.4) is 0 Å². The fraction of sp³-hybridized carbons (Fsp3) is 0.250. The Kier molecular flexibility index (Phi) is 5.46. The van der Waals surface area contributed by atoms with Crippen LogP contribution in [0.2, 0.25) is 5.02 Å². The Morgan fingerprint density at radius 3 is 2.56 bits per heavy atom. The highest BCUT2D eigenvalue weighted by Crippen LogP contribution is 2.27. The van der Waals surface area contributed by atoms with Gasteiger partial charge in [-0.3, -0.25) is 14.4 Å². The van der Waals surface area contributed by atoms with Crippen molar-refractivity contribution in [3.05, 3.63) is 64.2 Å². The van der Waals surface area contributed by atoms with Crippen molar-refractivity contribution in [3.8, 4) is 0 Å². The maximum Gasteiger partial charge on any atom is 0.303 e. The first-order valence-electron chi connectivity index (χ1n) is 8.49. The largest absolute Gasteiger partial charge is 0.481 e. The van der Waals surface area contributed by atoms with Gasteiger partial charge in [-0.05, 0) is 35.4 Å². The summed E-state index contributed by atoms with van der Waals surface area (Å²) in [6, 6.07) is 12.0. The topological polar surface area (TPSA) is 86.7 Å². The summed E-state index contributed by atoms with van der Waals surface area (Å²) in [4.78, 5) is 37.3. The number of amides is 2. The second-order valence-corrected chi connectivity index (χ2v) is 7.07. The summed E-state index contributed by atoms with van der Waals surface area (Å²) < 4.78 is 0. The molecule has 0 spiro atoms. The van der Waals surface area contributed by atoms with Crippen molar-refractivity contribution in [2.24, 2.45) is 0 Å².